The van der Waals surface area contributed by atoms with Crippen molar-refractivity contribution in [2.75, 3.05) is 0 Å². The van der Waals surface area contributed by atoms with Crippen LogP contribution in [0.25, 0.3) is 16.3 Å². The van der Waals surface area contributed by atoms with Gasteiger partial charge in [-0.25, -0.2) is 0 Å². The monoisotopic (exact) mass is 238 g/mol. The minimum absolute atomic E-state index is 1.27. The molecule has 0 saturated heterocycles. The molecular formula is C18H22. The number of fused-ring (bicyclic) bond motifs is 1. The highest BCUT2D eigenvalue weighted by molar-refractivity contribution is 5.87. The fourth-order valence-electron chi connectivity index (χ4n) is 1.91. The zero-order chi connectivity index (χ0) is 13.4. The van der Waals surface area contributed by atoms with Gasteiger partial charge >= 0.3 is 0 Å². The van der Waals surface area contributed by atoms with Crippen molar-refractivity contribution < 1.29 is 0 Å². The molecule has 18 heavy (non-hydrogen) atoms. The van der Waals surface area contributed by atoms with E-state index in [0.29, 0.717) is 0 Å². The van der Waals surface area contributed by atoms with E-state index in [1.165, 1.54) is 21.9 Å². The third-order valence-corrected chi connectivity index (χ3v) is 2.74. The van der Waals surface area contributed by atoms with Gasteiger partial charge in [-0.1, -0.05) is 68.5 Å². The van der Waals surface area contributed by atoms with E-state index in [0.717, 1.165) is 0 Å². The first-order valence-electron chi connectivity index (χ1n) is 6.63. The average Bonchev–Trinajstić information content (AvgIpc) is 2.46. The maximum Gasteiger partial charge on any atom is -0.0178 e. The zero-order valence-corrected chi connectivity index (χ0v) is 11.8. The van der Waals surface area contributed by atoms with Crippen molar-refractivity contribution >= 4 is 16.3 Å². The minimum Gasteiger partial charge on any atom is -0.0871 e. The highest BCUT2D eigenvalue weighted by atomic mass is 14.0. The highest BCUT2D eigenvalue weighted by Gasteiger charge is 1.98. The average molecular weight is 238 g/mol. The van der Waals surface area contributed by atoms with Gasteiger partial charge in [0, 0.05) is 0 Å². The Morgan fingerprint density at radius 2 is 1.56 bits per heavy atom. The standard InChI is InChI=1S/C16H16.C2H6/c1-3-7-13(4-2)16-11-10-14-8-5-6-9-15(14)12-16;1-2/h3-12H,1-2H3;1-2H3/b7-3-,13-4+;. The quantitative estimate of drug-likeness (QED) is 0.576. The first kappa shape index (κ1) is 14.2. The van der Waals surface area contributed by atoms with Gasteiger partial charge in [-0.3, -0.25) is 0 Å². The molecule has 0 amide bonds. The SMILES string of the molecule is C/C=C\C(=C/C)c1ccc2ccccc2c1.CC. The van der Waals surface area contributed by atoms with Crippen LogP contribution in [0.2, 0.25) is 0 Å². The van der Waals surface area contributed by atoms with Crippen molar-refractivity contribution in [2.24, 2.45) is 0 Å². The van der Waals surface area contributed by atoms with Crippen LogP contribution in [0.5, 0.6) is 0 Å². The Labute approximate surface area is 111 Å². The van der Waals surface area contributed by atoms with Crippen molar-refractivity contribution in [3.63, 3.8) is 0 Å². The van der Waals surface area contributed by atoms with Gasteiger partial charge in [-0.2, -0.15) is 0 Å². The van der Waals surface area contributed by atoms with E-state index >= 15 is 0 Å². The van der Waals surface area contributed by atoms with Crippen LogP contribution in [0.4, 0.5) is 0 Å². The van der Waals surface area contributed by atoms with Crippen LogP contribution in [0, 0.1) is 0 Å². The molecule has 0 bridgehead atoms. The number of rotatable bonds is 2. The largest absolute Gasteiger partial charge is 0.0871 e. The van der Waals surface area contributed by atoms with E-state index in [1.807, 2.05) is 20.8 Å². The summed E-state index contributed by atoms with van der Waals surface area (Å²) in [5.74, 6) is 0. The zero-order valence-electron chi connectivity index (χ0n) is 11.8. The molecule has 0 heterocycles. The Balaban J connectivity index is 0.000000771. The summed E-state index contributed by atoms with van der Waals surface area (Å²) >= 11 is 0. The van der Waals surface area contributed by atoms with Crippen molar-refractivity contribution in [2.45, 2.75) is 27.7 Å². The third-order valence-electron chi connectivity index (χ3n) is 2.74. The molecule has 2 rings (SSSR count). The van der Waals surface area contributed by atoms with Gasteiger partial charge in [-0.05, 0) is 41.8 Å². The first-order valence-corrected chi connectivity index (χ1v) is 6.63. The second-order valence-corrected chi connectivity index (χ2v) is 3.81. The lowest BCUT2D eigenvalue weighted by atomic mass is 10.0. The number of allylic oxidation sites excluding steroid dienone is 4. The van der Waals surface area contributed by atoms with Gasteiger partial charge in [0.15, 0.2) is 0 Å². The first-order chi connectivity index (χ1) is 8.85. The third kappa shape index (κ3) is 3.33. The predicted octanol–water partition coefficient (Wildman–Crippen LogP) is 5.85. The van der Waals surface area contributed by atoms with Crippen molar-refractivity contribution in [3.05, 3.63) is 66.3 Å². The second kappa shape index (κ2) is 7.50. The van der Waals surface area contributed by atoms with Crippen LogP contribution in [0.1, 0.15) is 33.3 Å². The molecule has 0 aliphatic heterocycles. The van der Waals surface area contributed by atoms with E-state index in [-0.39, 0.29) is 0 Å². The molecule has 0 aliphatic rings. The molecule has 0 fully saturated rings. The molecule has 0 radical (unpaired) electrons. The molecule has 94 valence electrons. The summed E-state index contributed by atoms with van der Waals surface area (Å²) in [5.41, 5.74) is 2.55. The Morgan fingerprint density at radius 3 is 2.17 bits per heavy atom. The summed E-state index contributed by atoms with van der Waals surface area (Å²) in [7, 11) is 0. The van der Waals surface area contributed by atoms with Gasteiger partial charge in [0.1, 0.15) is 0 Å². The summed E-state index contributed by atoms with van der Waals surface area (Å²) < 4.78 is 0. The molecule has 2 aromatic rings. The normalized spacial score (nSPS) is 11.4. The number of hydrogen-bond donors (Lipinski definition) is 0. The maximum atomic E-state index is 2.24. The highest BCUT2D eigenvalue weighted by Crippen LogP contribution is 2.21. The molecule has 0 aromatic heterocycles. The molecule has 0 unspecified atom stereocenters. The Bertz CT molecular complexity index is 545. The Hall–Kier alpha value is -1.82. The summed E-state index contributed by atoms with van der Waals surface area (Å²) in [6.45, 7) is 8.12. The minimum atomic E-state index is 1.27. The molecule has 0 atom stereocenters. The molecule has 0 spiro atoms. The van der Waals surface area contributed by atoms with E-state index in [1.54, 1.807) is 0 Å². The van der Waals surface area contributed by atoms with Crippen LogP contribution >= 0.6 is 0 Å². The lowest BCUT2D eigenvalue weighted by molar-refractivity contribution is 1.50. The summed E-state index contributed by atoms with van der Waals surface area (Å²) in [4.78, 5) is 0. The molecular weight excluding hydrogens is 216 g/mol. The van der Waals surface area contributed by atoms with Gasteiger partial charge in [0.25, 0.3) is 0 Å². The van der Waals surface area contributed by atoms with Crippen molar-refractivity contribution in [1.82, 2.24) is 0 Å². The van der Waals surface area contributed by atoms with Crippen LogP contribution < -0.4 is 0 Å². The van der Waals surface area contributed by atoms with Crippen molar-refractivity contribution in [3.8, 4) is 0 Å². The van der Waals surface area contributed by atoms with E-state index < -0.39 is 0 Å². The predicted molar refractivity (Wildman–Crippen MR) is 83.8 cm³/mol. The molecule has 0 saturated carbocycles. The van der Waals surface area contributed by atoms with Crippen LogP contribution in [0.15, 0.2) is 60.7 Å². The van der Waals surface area contributed by atoms with E-state index in [4.69, 9.17) is 0 Å². The Morgan fingerprint density at radius 1 is 0.889 bits per heavy atom. The number of benzene rings is 2. The summed E-state index contributed by atoms with van der Waals surface area (Å²) in [6, 6.07) is 15.0. The maximum absolute atomic E-state index is 2.24. The fraction of sp³-hybridized carbons (Fsp3) is 0.222. The molecule has 2 aromatic carbocycles. The lowest BCUT2D eigenvalue weighted by Crippen LogP contribution is -1.81. The topological polar surface area (TPSA) is 0 Å². The summed E-state index contributed by atoms with van der Waals surface area (Å²) in [5, 5.41) is 2.59. The molecule has 0 heteroatoms. The fourth-order valence-corrected chi connectivity index (χ4v) is 1.91. The van der Waals surface area contributed by atoms with Crippen molar-refractivity contribution in [1.29, 1.82) is 0 Å². The smallest absolute Gasteiger partial charge is 0.0178 e. The van der Waals surface area contributed by atoms with Crippen LogP contribution in [-0.4, -0.2) is 0 Å². The number of hydrogen-bond acceptors (Lipinski definition) is 0. The van der Waals surface area contributed by atoms with Gasteiger partial charge in [-0.15, -0.1) is 0 Å². The van der Waals surface area contributed by atoms with Gasteiger partial charge in [0.2, 0.25) is 0 Å². The van der Waals surface area contributed by atoms with Crippen LogP contribution in [-0.2, 0) is 0 Å². The van der Waals surface area contributed by atoms with Gasteiger partial charge in [0.05, 0.1) is 0 Å². The van der Waals surface area contributed by atoms with Crippen LogP contribution in [0.3, 0.4) is 0 Å². The van der Waals surface area contributed by atoms with E-state index in [2.05, 4.69) is 67.6 Å². The molecule has 0 aliphatic carbocycles. The van der Waals surface area contributed by atoms with Gasteiger partial charge < -0.3 is 0 Å². The van der Waals surface area contributed by atoms with E-state index in [9.17, 15) is 0 Å². The lowest BCUT2D eigenvalue weighted by Gasteiger charge is -2.04. The second-order valence-electron chi connectivity index (χ2n) is 3.81. The molecule has 0 nitrogen and oxygen atoms in total. The summed E-state index contributed by atoms with van der Waals surface area (Å²) in [6.07, 6.45) is 6.36. The molecule has 0 N–H and O–H groups in total. The Kier molecular flexibility index (Phi) is 5.93.